The number of ether oxygens (including phenoxy) is 2. The van der Waals surface area contributed by atoms with Gasteiger partial charge in [0, 0.05) is 31.7 Å². The van der Waals surface area contributed by atoms with Crippen molar-refractivity contribution < 1.29 is 19.0 Å². The lowest BCUT2D eigenvalue weighted by Gasteiger charge is -2.36. The molecule has 3 aromatic heterocycles. The van der Waals surface area contributed by atoms with E-state index in [0.717, 1.165) is 42.9 Å². The molecule has 9 nitrogen and oxygen atoms in total. The van der Waals surface area contributed by atoms with Crippen LogP contribution >= 0.6 is 0 Å². The van der Waals surface area contributed by atoms with Crippen molar-refractivity contribution in [2.45, 2.75) is 32.7 Å². The first-order valence-electron chi connectivity index (χ1n) is 10.7. The molecule has 0 radical (unpaired) electrons. The van der Waals surface area contributed by atoms with Crippen LogP contribution in [0, 0.1) is 0 Å². The second-order valence-corrected chi connectivity index (χ2v) is 8.09. The van der Waals surface area contributed by atoms with E-state index in [0.29, 0.717) is 36.3 Å². The molecule has 164 valence electrons. The molecular weight excluding hydrogens is 398 g/mol. The third kappa shape index (κ3) is 3.96. The summed E-state index contributed by atoms with van der Waals surface area (Å²) in [6.07, 6.45) is 1.77. The van der Waals surface area contributed by atoms with Crippen molar-refractivity contribution in [2.75, 3.05) is 49.2 Å². The average molecular weight is 425 g/mol. The van der Waals surface area contributed by atoms with E-state index in [9.17, 15) is 5.11 Å². The number of pyridine rings is 1. The molecule has 0 amide bonds. The Labute approximate surface area is 180 Å². The zero-order chi connectivity index (χ0) is 21.4. The predicted molar refractivity (Wildman–Crippen MR) is 116 cm³/mol. The molecule has 0 unspecified atom stereocenters. The van der Waals surface area contributed by atoms with E-state index in [1.54, 1.807) is 6.26 Å². The number of furan rings is 1. The van der Waals surface area contributed by atoms with Gasteiger partial charge in [0.2, 0.25) is 5.95 Å². The highest BCUT2D eigenvalue weighted by atomic mass is 16.5. The summed E-state index contributed by atoms with van der Waals surface area (Å²) < 4.78 is 16.8. The van der Waals surface area contributed by atoms with E-state index in [1.165, 1.54) is 0 Å². The molecule has 2 saturated heterocycles. The fraction of sp³-hybridized carbons (Fsp3) is 0.500. The summed E-state index contributed by atoms with van der Waals surface area (Å²) in [7, 11) is 0. The van der Waals surface area contributed by atoms with Crippen molar-refractivity contribution in [3.8, 4) is 11.3 Å². The Morgan fingerprint density at radius 2 is 1.77 bits per heavy atom. The van der Waals surface area contributed by atoms with Crippen molar-refractivity contribution in [1.29, 1.82) is 0 Å². The maximum atomic E-state index is 9.58. The van der Waals surface area contributed by atoms with Gasteiger partial charge < -0.3 is 28.8 Å². The lowest BCUT2D eigenvalue weighted by molar-refractivity contribution is -0.00570. The van der Waals surface area contributed by atoms with E-state index < -0.39 is 0 Å². The zero-order valence-electron chi connectivity index (χ0n) is 17.8. The fourth-order valence-electron chi connectivity index (χ4n) is 4.32. The van der Waals surface area contributed by atoms with Crippen LogP contribution in [0.2, 0.25) is 0 Å². The van der Waals surface area contributed by atoms with Gasteiger partial charge in [-0.1, -0.05) is 0 Å². The minimum absolute atomic E-state index is 0.104. The Balaban J connectivity index is 1.62. The minimum atomic E-state index is -0.181. The Hall–Kier alpha value is -2.75. The molecule has 2 aliphatic rings. The van der Waals surface area contributed by atoms with E-state index in [2.05, 4.69) is 23.6 Å². The smallest absolute Gasteiger partial charge is 0.229 e. The fourth-order valence-corrected chi connectivity index (χ4v) is 4.32. The summed E-state index contributed by atoms with van der Waals surface area (Å²) in [5, 5.41) is 10.5. The number of aliphatic hydroxyl groups excluding tert-OH is 1. The summed E-state index contributed by atoms with van der Waals surface area (Å²) in [4.78, 5) is 19.1. The van der Waals surface area contributed by atoms with Crippen LogP contribution in [0.3, 0.4) is 0 Å². The summed E-state index contributed by atoms with van der Waals surface area (Å²) in [5.74, 6) is 2.03. The van der Waals surface area contributed by atoms with E-state index in [-0.39, 0.29) is 18.8 Å². The molecule has 31 heavy (non-hydrogen) atoms. The Morgan fingerprint density at radius 1 is 1.00 bits per heavy atom. The Morgan fingerprint density at radius 3 is 2.52 bits per heavy atom. The molecule has 0 aromatic carbocycles. The van der Waals surface area contributed by atoms with Crippen LogP contribution in [0.1, 0.15) is 19.6 Å². The summed E-state index contributed by atoms with van der Waals surface area (Å²) in [6.45, 7) is 8.32. The molecule has 5 heterocycles. The van der Waals surface area contributed by atoms with Crippen molar-refractivity contribution in [1.82, 2.24) is 15.0 Å². The molecule has 0 aliphatic carbocycles. The van der Waals surface area contributed by atoms with Crippen molar-refractivity contribution in [3.63, 3.8) is 0 Å². The van der Waals surface area contributed by atoms with E-state index in [4.69, 9.17) is 28.8 Å². The third-order valence-corrected chi connectivity index (χ3v) is 5.71. The number of fused-ring (bicyclic) bond motifs is 1. The number of morpholine rings is 2. The van der Waals surface area contributed by atoms with Gasteiger partial charge in [0.15, 0.2) is 5.65 Å². The number of hydrogen-bond acceptors (Lipinski definition) is 9. The zero-order valence-corrected chi connectivity index (χ0v) is 17.8. The summed E-state index contributed by atoms with van der Waals surface area (Å²) in [5.41, 5.74) is 2.11. The van der Waals surface area contributed by atoms with Gasteiger partial charge in [-0.05, 0) is 32.0 Å². The van der Waals surface area contributed by atoms with Gasteiger partial charge in [0.25, 0.3) is 0 Å². The van der Waals surface area contributed by atoms with Gasteiger partial charge >= 0.3 is 0 Å². The molecule has 3 aromatic rings. The third-order valence-electron chi connectivity index (χ3n) is 5.71. The molecule has 0 saturated carbocycles. The van der Waals surface area contributed by atoms with E-state index in [1.807, 2.05) is 18.2 Å². The van der Waals surface area contributed by atoms with Gasteiger partial charge in [-0.3, -0.25) is 0 Å². The second-order valence-electron chi connectivity index (χ2n) is 8.09. The quantitative estimate of drug-likeness (QED) is 0.675. The second kappa shape index (κ2) is 8.41. The van der Waals surface area contributed by atoms with Crippen LogP contribution in [0.4, 0.5) is 11.8 Å². The molecule has 1 N–H and O–H groups in total. The molecule has 0 bridgehead atoms. The molecule has 2 atom stereocenters. The van der Waals surface area contributed by atoms with Crippen LogP contribution in [-0.2, 0) is 16.1 Å². The summed E-state index contributed by atoms with van der Waals surface area (Å²) >= 11 is 0. The van der Waals surface area contributed by atoms with Crippen molar-refractivity contribution >= 4 is 22.8 Å². The number of anilines is 2. The van der Waals surface area contributed by atoms with Gasteiger partial charge in [-0.25, -0.2) is 4.98 Å². The van der Waals surface area contributed by atoms with E-state index >= 15 is 0 Å². The van der Waals surface area contributed by atoms with Gasteiger partial charge in [0.1, 0.15) is 18.2 Å². The van der Waals surface area contributed by atoms with Crippen LogP contribution in [0.25, 0.3) is 22.3 Å². The molecule has 2 fully saturated rings. The lowest BCUT2D eigenvalue weighted by atomic mass is 10.1. The van der Waals surface area contributed by atoms with Gasteiger partial charge in [-0.2, -0.15) is 9.97 Å². The first-order chi connectivity index (χ1) is 15.1. The normalized spacial score (nSPS) is 22.3. The number of rotatable bonds is 4. The predicted octanol–water partition coefficient (Wildman–Crippen LogP) is 2.23. The van der Waals surface area contributed by atoms with Crippen LogP contribution in [-0.4, -0.2) is 71.7 Å². The Kier molecular flexibility index (Phi) is 5.47. The average Bonchev–Trinajstić information content (AvgIpc) is 3.27. The van der Waals surface area contributed by atoms with Crippen LogP contribution < -0.4 is 9.80 Å². The van der Waals surface area contributed by atoms with Crippen LogP contribution in [0.5, 0.6) is 0 Å². The first kappa shape index (κ1) is 20.2. The largest absolute Gasteiger partial charge is 0.466 e. The molecular formula is C22H27N5O4. The number of aromatic nitrogens is 3. The van der Waals surface area contributed by atoms with Gasteiger partial charge in [-0.15, -0.1) is 0 Å². The first-order valence-corrected chi connectivity index (χ1v) is 10.7. The number of aliphatic hydroxyl groups is 1. The monoisotopic (exact) mass is 425 g/mol. The van der Waals surface area contributed by atoms with Crippen molar-refractivity contribution in [3.05, 3.63) is 30.2 Å². The SMILES string of the molecule is C[C@@H]1CN(c2nc(N3CCOCC3)c3ccc(-c4ccoc4CO)nc3n2)C[C@H](C)O1. The Bertz CT molecular complexity index is 1060. The molecule has 0 spiro atoms. The maximum Gasteiger partial charge on any atom is 0.229 e. The molecule has 9 heteroatoms. The highest BCUT2D eigenvalue weighted by Gasteiger charge is 2.27. The highest BCUT2D eigenvalue weighted by Crippen LogP contribution is 2.31. The molecule has 2 aliphatic heterocycles. The summed E-state index contributed by atoms with van der Waals surface area (Å²) in [6, 6.07) is 5.75. The number of nitrogens with zero attached hydrogens (tertiary/aromatic N) is 5. The van der Waals surface area contributed by atoms with Crippen LogP contribution in [0.15, 0.2) is 28.9 Å². The van der Waals surface area contributed by atoms with Crippen molar-refractivity contribution in [2.24, 2.45) is 0 Å². The minimum Gasteiger partial charge on any atom is -0.466 e. The van der Waals surface area contributed by atoms with Gasteiger partial charge in [0.05, 0.1) is 42.8 Å². The lowest BCUT2D eigenvalue weighted by Crippen LogP contribution is -2.46. The standard InChI is InChI=1S/C22H27N5O4/c1-14-11-27(12-15(2)31-14)22-24-20-17(21(25-22)26-6-9-29-10-7-26)3-4-18(23-20)16-5-8-30-19(16)13-28/h3-5,8,14-15,28H,6-7,9-13H2,1-2H3/t14-,15+. The topological polar surface area (TPSA) is 97.0 Å². The molecule has 5 rings (SSSR count). The maximum absolute atomic E-state index is 9.58. The highest BCUT2D eigenvalue weighted by molar-refractivity contribution is 5.90. The number of hydrogen-bond donors (Lipinski definition) is 1.